The molecule has 0 saturated heterocycles. The standard InChI is InChI=1S/C22H20F3N5O2/c1-13-5-8-20(31)18(28-13)12-30-19-9-14(6-7-17(19)29-21(30)26)11-27-15-3-2-4-16(10-15)32-22(23,24)25/h2-10,27,31H,11-12H2,1H3,(H2,26,29). The van der Waals surface area contributed by atoms with Crippen molar-refractivity contribution in [3.05, 3.63) is 71.5 Å². The quantitative estimate of drug-likeness (QED) is 0.403. The number of aryl methyl sites for hydroxylation is 1. The highest BCUT2D eigenvalue weighted by Gasteiger charge is 2.31. The number of hydrogen-bond acceptors (Lipinski definition) is 6. The molecule has 10 heteroatoms. The second-order valence-electron chi connectivity index (χ2n) is 7.23. The predicted molar refractivity (Wildman–Crippen MR) is 114 cm³/mol. The lowest BCUT2D eigenvalue weighted by molar-refractivity contribution is -0.274. The minimum atomic E-state index is -4.75. The van der Waals surface area contributed by atoms with Gasteiger partial charge in [0.25, 0.3) is 0 Å². The zero-order chi connectivity index (χ0) is 22.9. The number of aromatic hydroxyl groups is 1. The maximum atomic E-state index is 12.4. The van der Waals surface area contributed by atoms with E-state index in [1.54, 1.807) is 22.8 Å². The number of nitrogens with zero attached hydrogens (tertiary/aromatic N) is 3. The monoisotopic (exact) mass is 443 g/mol. The third-order valence-corrected chi connectivity index (χ3v) is 4.80. The molecule has 166 valence electrons. The van der Waals surface area contributed by atoms with Crippen molar-refractivity contribution >= 4 is 22.7 Å². The van der Waals surface area contributed by atoms with Gasteiger partial charge in [0.05, 0.1) is 17.6 Å². The Morgan fingerprint density at radius 1 is 1.09 bits per heavy atom. The number of imidazole rings is 1. The van der Waals surface area contributed by atoms with Crippen LogP contribution in [0, 0.1) is 6.92 Å². The normalized spacial score (nSPS) is 11.6. The van der Waals surface area contributed by atoms with Gasteiger partial charge in [0.2, 0.25) is 5.95 Å². The molecule has 32 heavy (non-hydrogen) atoms. The summed E-state index contributed by atoms with van der Waals surface area (Å²) in [5, 5.41) is 13.2. The van der Waals surface area contributed by atoms with E-state index in [4.69, 9.17) is 5.73 Å². The van der Waals surface area contributed by atoms with Crippen LogP contribution in [0.2, 0.25) is 0 Å². The number of nitrogens with two attached hydrogens (primary N) is 1. The predicted octanol–water partition coefficient (Wildman–Crippen LogP) is 4.59. The molecule has 0 unspecified atom stereocenters. The minimum absolute atomic E-state index is 0.0654. The Kier molecular flexibility index (Phi) is 5.52. The van der Waals surface area contributed by atoms with Crippen molar-refractivity contribution in [2.45, 2.75) is 26.4 Å². The first-order valence-corrected chi connectivity index (χ1v) is 9.68. The summed E-state index contributed by atoms with van der Waals surface area (Å²) in [6.45, 7) is 2.42. The first-order valence-electron chi connectivity index (χ1n) is 9.68. The fraction of sp³-hybridized carbons (Fsp3) is 0.182. The zero-order valence-electron chi connectivity index (χ0n) is 17.0. The van der Waals surface area contributed by atoms with Crippen LogP contribution in [0.3, 0.4) is 0 Å². The Morgan fingerprint density at radius 2 is 1.91 bits per heavy atom. The molecule has 4 rings (SSSR count). The molecule has 0 radical (unpaired) electrons. The Hall–Kier alpha value is -3.95. The number of aromatic nitrogens is 3. The van der Waals surface area contributed by atoms with Crippen molar-refractivity contribution in [2.75, 3.05) is 11.1 Å². The summed E-state index contributed by atoms with van der Waals surface area (Å²) < 4.78 is 43.0. The highest BCUT2D eigenvalue weighted by Crippen LogP contribution is 2.26. The van der Waals surface area contributed by atoms with Crippen LogP contribution < -0.4 is 15.8 Å². The molecule has 0 spiro atoms. The fourth-order valence-electron chi connectivity index (χ4n) is 3.34. The van der Waals surface area contributed by atoms with Crippen LogP contribution in [0.15, 0.2) is 54.6 Å². The van der Waals surface area contributed by atoms with Crippen LogP contribution in [0.5, 0.6) is 11.5 Å². The molecular weight excluding hydrogens is 423 g/mol. The van der Waals surface area contributed by atoms with Gasteiger partial charge in [-0.05, 0) is 48.9 Å². The second kappa shape index (κ2) is 8.29. The summed E-state index contributed by atoms with van der Waals surface area (Å²) in [5.74, 6) is 0.0507. The third kappa shape index (κ3) is 4.85. The molecule has 0 aliphatic heterocycles. The van der Waals surface area contributed by atoms with Crippen LogP contribution in [-0.4, -0.2) is 26.0 Å². The van der Waals surface area contributed by atoms with Crippen LogP contribution in [-0.2, 0) is 13.1 Å². The number of hydrogen-bond donors (Lipinski definition) is 3. The van der Waals surface area contributed by atoms with Gasteiger partial charge < -0.3 is 25.5 Å². The van der Waals surface area contributed by atoms with Crippen molar-refractivity contribution in [1.82, 2.24) is 14.5 Å². The van der Waals surface area contributed by atoms with E-state index in [9.17, 15) is 18.3 Å². The van der Waals surface area contributed by atoms with Gasteiger partial charge in [0.15, 0.2) is 0 Å². The van der Waals surface area contributed by atoms with Crippen molar-refractivity contribution in [3.8, 4) is 11.5 Å². The number of halogens is 3. The topological polar surface area (TPSA) is 98.2 Å². The molecule has 7 nitrogen and oxygen atoms in total. The fourth-order valence-corrected chi connectivity index (χ4v) is 3.34. The van der Waals surface area contributed by atoms with Gasteiger partial charge >= 0.3 is 6.36 Å². The largest absolute Gasteiger partial charge is 0.573 e. The van der Waals surface area contributed by atoms with E-state index in [0.29, 0.717) is 23.4 Å². The van der Waals surface area contributed by atoms with Crippen LogP contribution in [0.1, 0.15) is 17.0 Å². The van der Waals surface area contributed by atoms with Crippen LogP contribution in [0.4, 0.5) is 24.8 Å². The summed E-state index contributed by atoms with van der Waals surface area (Å²) in [6, 6.07) is 14.5. The van der Waals surface area contributed by atoms with Gasteiger partial charge in [-0.25, -0.2) is 4.98 Å². The summed E-state index contributed by atoms with van der Waals surface area (Å²) in [5.41, 5.74) is 10.1. The van der Waals surface area contributed by atoms with Crippen molar-refractivity contribution in [2.24, 2.45) is 0 Å². The number of fused-ring (bicyclic) bond motifs is 1. The van der Waals surface area contributed by atoms with Crippen molar-refractivity contribution in [1.29, 1.82) is 0 Å². The molecule has 0 saturated carbocycles. The molecule has 0 bridgehead atoms. The second-order valence-corrected chi connectivity index (χ2v) is 7.23. The van der Waals surface area contributed by atoms with E-state index < -0.39 is 6.36 Å². The molecule has 0 fully saturated rings. The molecular formula is C22H20F3N5O2. The SMILES string of the molecule is Cc1ccc(O)c(Cn2c(N)nc3ccc(CNc4cccc(OC(F)(F)F)c4)cc32)n1. The number of ether oxygens (including phenoxy) is 1. The molecule has 4 aromatic rings. The number of anilines is 2. The van der Waals surface area contributed by atoms with Crippen LogP contribution in [0.25, 0.3) is 11.0 Å². The minimum Gasteiger partial charge on any atom is -0.506 e. The molecule has 0 aliphatic carbocycles. The summed E-state index contributed by atoms with van der Waals surface area (Å²) in [4.78, 5) is 8.72. The van der Waals surface area contributed by atoms with E-state index in [1.165, 1.54) is 18.2 Å². The van der Waals surface area contributed by atoms with Crippen molar-refractivity contribution < 1.29 is 23.0 Å². The lowest BCUT2D eigenvalue weighted by atomic mass is 10.2. The number of pyridine rings is 1. The Morgan fingerprint density at radius 3 is 2.69 bits per heavy atom. The van der Waals surface area contributed by atoms with Gasteiger partial charge in [-0.1, -0.05) is 12.1 Å². The summed E-state index contributed by atoms with van der Waals surface area (Å²) >= 11 is 0. The maximum Gasteiger partial charge on any atom is 0.573 e. The van der Waals surface area contributed by atoms with Gasteiger partial charge in [-0.2, -0.15) is 0 Å². The molecule has 2 heterocycles. The molecule has 2 aromatic carbocycles. The van der Waals surface area contributed by atoms with Crippen molar-refractivity contribution in [3.63, 3.8) is 0 Å². The average Bonchev–Trinajstić information content (AvgIpc) is 3.03. The third-order valence-electron chi connectivity index (χ3n) is 4.80. The summed E-state index contributed by atoms with van der Waals surface area (Å²) in [7, 11) is 0. The van der Waals surface area contributed by atoms with Gasteiger partial charge in [0.1, 0.15) is 17.2 Å². The first-order chi connectivity index (χ1) is 15.2. The first kappa shape index (κ1) is 21.3. The molecule has 2 aromatic heterocycles. The Bertz CT molecular complexity index is 1270. The number of nitrogens with one attached hydrogen (secondary N) is 1. The van der Waals surface area contributed by atoms with E-state index in [1.807, 2.05) is 25.1 Å². The van der Waals surface area contributed by atoms with Gasteiger partial charge in [-0.15, -0.1) is 13.2 Å². The molecule has 0 amide bonds. The smallest absolute Gasteiger partial charge is 0.506 e. The zero-order valence-corrected chi connectivity index (χ0v) is 17.0. The number of nitrogen functional groups attached to an aromatic ring is 1. The highest BCUT2D eigenvalue weighted by atomic mass is 19.4. The maximum absolute atomic E-state index is 12.4. The van der Waals surface area contributed by atoms with Crippen LogP contribution >= 0.6 is 0 Å². The van der Waals surface area contributed by atoms with E-state index in [2.05, 4.69) is 20.0 Å². The van der Waals surface area contributed by atoms with E-state index in [-0.39, 0.29) is 24.0 Å². The molecule has 0 aliphatic rings. The van der Waals surface area contributed by atoms with E-state index >= 15 is 0 Å². The molecule has 4 N–H and O–H groups in total. The average molecular weight is 443 g/mol. The van der Waals surface area contributed by atoms with E-state index in [0.717, 1.165) is 16.8 Å². The summed E-state index contributed by atoms with van der Waals surface area (Å²) in [6.07, 6.45) is -4.75. The number of benzene rings is 2. The highest BCUT2D eigenvalue weighted by molar-refractivity contribution is 5.79. The molecule has 0 atom stereocenters. The Balaban J connectivity index is 1.56. The van der Waals surface area contributed by atoms with Gasteiger partial charge in [-0.3, -0.25) is 4.98 Å². The lowest BCUT2D eigenvalue weighted by Gasteiger charge is -2.12. The van der Waals surface area contributed by atoms with Gasteiger partial charge in [0, 0.05) is 24.0 Å². The Labute approximate surface area is 181 Å². The number of alkyl halides is 3. The number of rotatable bonds is 6. The lowest BCUT2D eigenvalue weighted by Crippen LogP contribution is -2.17.